The summed E-state index contributed by atoms with van der Waals surface area (Å²) < 4.78 is 9.09. The predicted octanol–water partition coefficient (Wildman–Crippen LogP) is -0.299. The smallest absolute Gasteiger partial charge is 0.328 e. The van der Waals surface area contributed by atoms with Gasteiger partial charge in [-0.1, -0.05) is 6.92 Å². The zero-order valence-electron chi connectivity index (χ0n) is 8.12. The first kappa shape index (κ1) is 11.9. The van der Waals surface area contributed by atoms with Gasteiger partial charge in [-0.3, -0.25) is 4.79 Å². The van der Waals surface area contributed by atoms with Gasteiger partial charge in [0.1, 0.15) is 12.6 Å². The van der Waals surface area contributed by atoms with Crippen molar-refractivity contribution in [3.05, 3.63) is 0 Å². The third-order valence-corrected chi connectivity index (χ3v) is 1.50. The Kier molecular flexibility index (Phi) is 5.88. The highest BCUT2D eigenvalue weighted by molar-refractivity contribution is 5.84. The number of rotatable bonds is 5. The third kappa shape index (κ3) is 4.47. The van der Waals surface area contributed by atoms with Crippen LogP contribution < -0.4 is 5.32 Å². The Bertz CT molecular complexity index is 181. The highest BCUT2D eigenvalue weighted by atomic mass is 16.5. The third-order valence-electron chi connectivity index (χ3n) is 1.50. The number of ether oxygens (including phenoxy) is 2. The molecule has 0 aromatic rings. The quantitative estimate of drug-likeness (QED) is 0.603. The molecule has 1 atom stereocenters. The Morgan fingerprint density at radius 1 is 1.38 bits per heavy atom. The maximum absolute atomic E-state index is 11.0. The van der Waals surface area contributed by atoms with Crippen LogP contribution >= 0.6 is 0 Å². The highest BCUT2D eigenvalue weighted by Gasteiger charge is 2.18. The Balaban J connectivity index is 3.97. The number of carbonyl (C=O) groups excluding carboxylic acids is 2. The fourth-order valence-electron chi connectivity index (χ4n) is 0.837. The molecule has 76 valence electrons. The van der Waals surface area contributed by atoms with Crippen LogP contribution in [0.15, 0.2) is 0 Å². The summed E-state index contributed by atoms with van der Waals surface area (Å²) >= 11 is 0. The van der Waals surface area contributed by atoms with Crippen molar-refractivity contribution in [3.63, 3.8) is 0 Å². The van der Waals surface area contributed by atoms with E-state index >= 15 is 0 Å². The first-order valence-electron chi connectivity index (χ1n) is 4.01. The Labute approximate surface area is 77.4 Å². The van der Waals surface area contributed by atoms with Gasteiger partial charge < -0.3 is 14.8 Å². The standard InChI is InChI=1S/C8H15NO4/c1-4-6(8(11)13-3)9-7(10)5-12-2/h6H,4-5H2,1-3H3,(H,9,10)/t6-/m1/s1. The number of methoxy groups -OCH3 is 2. The van der Waals surface area contributed by atoms with E-state index in [-0.39, 0.29) is 12.5 Å². The van der Waals surface area contributed by atoms with E-state index in [1.165, 1.54) is 14.2 Å². The fourth-order valence-corrected chi connectivity index (χ4v) is 0.837. The van der Waals surface area contributed by atoms with Crippen LogP contribution in [0, 0.1) is 0 Å². The Morgan fingerprint density at radius 2 is 2.00 bits per heavy atom. The van der Waals surface area contributed by atoms with Gasteiger partial charge in [0.25, 0.3) is 0 Å². The first-order chi connectivity index (χ1) is 6.15. The maximum atomic E-state index is 11.0. The summed E-state index contributed by atoms with van der Waals surface area (Å²) in [5, 5.41) is 2.48. The molecule has 0 bridgehead atoms. The largest absolute Gasteiger partial charge is 0.467 e. The molecule has 0 unspecified atom stereocenters. The zero-order chi connectivity index (χ0) is 10.3. The molecular formula is C8H15NO4. The monoisotopic (exact) mass is 189 g/mol. The van der Waals surface area contributed by atoms with E-state index in [0.717, 1.165) is 0 Å². The van der Waals surface area contributed by atoms with E-state index in [9.17, 15) is 9.59 Å². The van der Waals surface area contributed by atoms with E-state index in [4.69, 9.17) is 0 Å². The van der Waals surface area contributed by atoms with Gasteiger partial charge in [0.05, 0.1) is 7.11 Å². The summed E-state index contributed by atoms with van der Waals surface area (Å²) in [7, 11) is 2.70. The van der Waals surface area contributed by atoms with E-state index < -0.39 is 12.0 Å². The van der Waals surface area contributed by atoms with Crippen molar-refractivity contribution in [3.8, 4) is 0 Å². The zero-order valence-corrected chi connectivity index (χ0v) is 8.12. The second kappa shape index (κ2) is 6.42. The fraction of sp³-hybridized carbons (Fsp3) is 0.750. The van der Waals surface area contributed by atoms with Crippen molar-refractivity contribution in [2.75, 3.05) is 20.8 Å². The van der Waals surface area contributed by atoms with Crippen LogP contribution in [0.3, 0.4) is 0 Å². The van der Waals surface area contributed by atoms with Crippen LogP contribution in [0.4, 0.5) is 0 Å². The molecule has 0 spiro atoms. The van der Waals surface area contributed by atoms with Crippen molar-refractivity contribution in [1.82, 2.24) is 5.32 Å². The second-order valence-corrected chi connectivity index (χ2v) is 2.48. The second-order valence-electron chi connectivity index (χ2n) is 2.48. The van der Waals surface area contributed by atoms with Gasteiger partial charge in [0, 0.05) is 7.11 Å². The van der Waals surface area contributed by atoms with Crippen molar-refractivity contribution < 1.29 is 19.1 Å². The summed E-state index contributed by atoms with van der Waals surface area (Å²) in [6, 6.07) is -0.576. The minimum absolute atomic E-state index is 0.0481. The van der Waals surface area contributed by atoms with E-state index in [1.54, 1.807) is 6.92 Å². The van der Waals surface area contributed by atoms with Gasteiger partial charge in [-0.25, -0.2) is 4.79 Å². The van der Waals surface area contributed by atoms with Crippen LogP contribution in [0.5, 0.6) is 0 Å². The normalized spacial score (nSPS) is 11.9. The summed E-state index contributed by atoms with van der Waals surface area (Å²) in [4.78, 5) is 22.0. The molecule has 0 aliphatic heterocycles. The molecule has 5 heteroatoms. The van der Waals surface area contributed by atoms with Gasteiger partial charge in [0.15, 0.2) is 0 Å². The summed E-state index contributed by atoms with van der Waals surface area (Å²) in [5.41, 5.74) is 0. The lowest BCUT2D eigenvalue weighted by Gasteiger charge is -2.13. The number of hydrogen-bond acceptors (Lipinski definition) is 4. The summed E-state index contributed by atoms with van der Waals surface area (Å²) in [6.45, 7) is 1.74. The average molecular weight is 189 g/mol. The molecule has 0 saturated carbocycles. The highest BCUT2D eigenvalue weighted by Crippen LogP contribution is 1.93. The minimum Gasteiger partial charge on any atom is -0.467 e. The van der Waals surface area contributed by atoms with E-state index in [1.807, 2.05) is 0 Å². The van der Waals surface area contributed by atoms with Crippen molar-refractivity contribution in [1.29, 1.82) is 0 Å². The molecular weight excluding hydrogens is 174 g/mol. The summed E-state index contributed by atoms with van der Waals surface area (Å²) in [6.07, 6.45) is 0.502. The molecule has 0 radical (unpaired) electrons. The molecule has 13 heavy (non-hydrogen) atoms. The first-order valence-corrected chi connectivity index (χ1v) is 4.01. The predicted molar refractivity (Wildman–Crippen MR) is 46.1 cm³/mol. The number of carbonyl (C=O) groups is 2. The summed E-state index contributed by atoms with van der Waals surface area (Å²) in [5.74, 6) is -0.758. The minimum atomic E-state index is -0.576. The van der Waals surface area contributed by atoms with E-state index in [0.29, 0.717) is 6.42 Å². The van der Waals surface area contributed by atoms with Crippen molar-refractivity contribution >= 4 is 11.9 Å². The number of hydrogen-bond donors (Lipinski definition) is 1. The van der Waals surface area contributed by atoms with Gasteiger partial charge in [0.2, 0.25) is 5.91 Å². The van der Waals surface area contributed by atoms with Crippen molar-refractivity contribution in [2.24, 2.45) is 0 Å². The molecule has 0 aliphatic rings. The molecule has 0 fully saturated rings. The molecule has 0 saturated heterocycles. The van der Waals surface area contributed by atoms with Crippen LogP contribution in [0.1, 0.15) is 13.3 Å². The molecule has 1 amide bonds. The van der Waals surface area contributed by atoms with Crippen LogP contribution in [0.2, 0.25) is 0 Å². The molecule has 0 aromatic carbocycles. The Hall–Kier alpha value is -1.10. The lowest BCUT2D eigenvalue weighted by molar-refractivity contribution is -0.145. The molecule has 0 rings (SSSR count). The number of amides is 1. The molecule has 0 aliphatic carbocycles. The van der Waals surface area contributed by atoms with Crippen LogP contribution in [-0.4, -0.2) is 38.7 Å². The van der Waals surface area contributed by atoms with Gasteiger partial charge in [-0.05, 0) is 6.42 Å². The average Bonchev–Trinajstić information content (AvgIpc) is 2.13. The molecule has 1 N–H and O–H groups in total. The van der Waals surface area contributed by atoms with E-state index in [2.05, 4.69) is 14.8 Å². The lowest BCUT2D eigenvalue weighted by atomic mass is 10.2. The topological polar surface area (TPSA) is 64.6 Å². The van der Waals surface area contributed by atoms with Gasteiger partial charge in [-0.2, -0.15) is 0 Å². The molecule has 5 nitrogen and oxygen atoms in total. The molecule has 0 aromatic heterocycles. The van der Waals surface area contributed by atoms with Gasteiger partial charge >= 0.3 is 5.97 Å². The van der Waals surface area contributed by atoms with Gasteiger partial charge in [-0.15, -0.1) is 0 Å². The van der Waals surface area contributed by atoms with Crippen molar-refractivity contribution in [2.45, 2.75) is 19.4 Å². The molecule has 0 heterocycles. The SMILES string of the molecule is CC[C@@H](NC(=O)COC)C(=O)OC. The van der Waals surface area contributed by atoms with Crippen LogP contribution in [-0.2, 0) is 19.1 Å². The number of nitrogens with one attached hydrogen (secondary N) is 1. The maximum Gasteiger partial charge on any atom is 0.328 e. The lowest BCUT2D eigenvalue weighted by Crippen LogP contribution is -2.42. The van der Waals surface area contributed by atoms with Crippen LogP contribution in [0.25, 0.3) is 0 Å². The Morgan fingerprint density at radius 3 is 2.38 bits per heavy atom. The number of esters is 1.